The van der Waals surface area contributed by atoms with Crippen LogP contribution in [0.5, 0.6) is 0 Å². The molecule has 1 saturated carbocycles. The van der Waals surface area contributed by atoms with Gasteiger partial charge in [0.25, 0.3) is 5.56 Å². The van der Waals surface area contributed by atoms with E-state index in [4.69, 9.17) is 4.74 Å². The Morgan fingerprint density at radius 1 is 1.56 bits per heavy atom. The molecular formula is C12H18N2O2. The van der Waals surface area contributed by atoms with Crippen LogP contribution in [0.3, 0.4) is 0 Å². The van der Waals surface area contributed by atoms with Gasteiger partial charge in [-0.15, -0.1) is 0 Å². The molecule has 0 bridgehead atoms. The number of rotatable bonds is 5. The standard InChI is InChI=1S/C12H18N2O2/c1-3-10(16-4-2)12-13-9(8-5-6-8)7-11(15)14-12/h7-8,10H,3-6H2,1-2H3,(H,13,14,15). The number of hydrogen-bond donors (Lipinski definition) is 1. The lowest BCUT2D eigenvalue weighted by molar-refractivity contribution is 0.0531. The minimum absolute atomic E-state index is 0.0648. The number of ether oxygens (including phenoxy) is 1. The average molecular weight is 222 g/mol. The van der Waals surface area contributed by atoms with Gasteiger partial charge in [0.1, 0.15) is 11.9 Å². The van der Waals surface area contributed by atoms with Crippen molar-refractivity contribution >= 4 is 0 Å². The van der Waals surface area contributed by atoms with E-state index in [0.29, 0.717) is 18.3 Å². The van der Waals surface area contributed by atoms with Crippen molar-refractivity contribution in [2.45, 2.75) is 45.1 Å². The third-order valence-corrected chi connectivity index (χ3v) is 2.82. The minimum Gasteiger partial charge on any atom is -0.371 e. The molecule has 4 nitrogen and oxygen atoms in total. The normalized spacial score (nSPS) is 17.4. The molecule has 1 heterocycles. The fourth-order valence-corrected chi connectivity index (χ4v) is 1.83. The molecule has 1 atom stereocenters. The van der Waals surface area contributed by atoms with Crippen molar-refractivity contribution in [1.29, 1.82) is 0 Å². The summed E-state index contributed by atoms with van der Waals surface area (Å²) in [5.41, 5.74) is 0.863. The molecule has 1 fully saturated rings. The Morgan fingerprint density at radius 2 is 2.31 bits per heavy atom. The van der Waals surface area contributed by atoms with Gasteiger partial charge in [-0.25, -0.2) is 4.98 Å². The van der Waals surface area contributed by atoms with Gasteiger partial charge in [-0.05, 0) is 26.2 Å². The second-order valence-electron chi connectivity index (χ2n) is 4.18. The lowest BCUT2D eigenvalue weighted by atomic mass is 10.2. The third kappa shape index (κ3) is 2.50. The molecule has 88 valence electrons. The Balaban J connectivity index is 2.27. The second-order valence-corrected chi connectivity index (χ2v) is 4.18. The Morgan fingerprint density at radius 3 is 2.88 bits per heavy atom. The van der Waals surface area contributed by atoms with Crippen molar-refractivity contribution < 1.29 is 4.74 Å². The quantitative estimate of drug-likeness (QED) is 0.830. The van der Waals surface area contributed by atoms with E-state index in [-0.39, 0.29) is 11.7 Å². The van der Waals surface area contributed by atoms with Crippen LogP contribution in [-0.4, -0.2) is 16.6 Å². The first-order chi connectivity index (χ1) is 7.74. The zero-order valence-corrected chi connectivity index (χ0v) is 9.82. The molecule has 0 amide bonds. The van der Waals surface area contributed by atoms with Crippen LogP contribution in [0.15, 0.2) is 10.9 Å². The summed E-state index contributed by atoms with van der Waals surface area (Å²) in [6.07, 6.45) is 3.05. The van der Waals surface area contributed by atoms with Crippen LogP contribution in [0.25, 0.3) is 0 Å². The first kappa shape index (κ1) is 11.3. The van der Waals surface area contributed by atoms with Gasteiger partial charge in [-0.1, -0.05) is 6.92 Å². The Hall–Kier alpha value is -1.16. The molecule has 1 unspecified atom stereocenters. The average Bonchev–Trinajstić information content (AvgIpc) is 3.08. The van der Waals surface area contributed by atoms with Crippen LogP contribution in [0.4, 0.5) is 0 Å². The van der Waals surface area contributed by atoms with Crippen molar-refractivity contribution in [3.63, 3.8) is 0 Å². The highest BCUT2D eigenvalue weighted by Crippen LogP contribution is 2.38. The number of aromatic amines is 1. The zero-order chi connectivity index (χ0) is 11.5. The van der Waals surface area contributed by atoms with Crippen LogP contribution in [-0.2, 0) is 4.74 Å². The van der Waals surface area contributed by atoms with Gasteiger partial charge in [0.15, 0.2) is 0 Å². The summed E-state index contributed by atoms with van der Waals surface area (Å²) in [5, 5.41) is 0. The largest absolute Gasteiger partial charge is 0.371 e. The second kappa shape index (κ2) is 4.78. The maximum absolute atomic E-state index is 11.5. The molecule has 1 aliphatic carbocycles. The molecule has 0 spiro atoms. The van der Waals surface area contributed by atoms with E-state index in [2.05, 4.69) is 9.97 Å². The van der Waals surface area contributed by atoms with Crippen LogP contribution in [0, 0.1) is 0 Å². The van der Waals surface area contributed by atoms with Gasteiger partial charge < -0.3 is 9.72 Å². The van der Waals surface area contributed by atoms with E-state index >= 15 is 0 Å². The Labute approximate surface area is 95.1 Å². The molecule has 1 aromatic rings. The lowest BCUT2D eigenvalue weighted by Crippen LogP contribution is -2.17. The smallest absolute Gasteiger partial charge is 0.251 e. The number of H-pyrrole nitrogens is 1. The summed E-state index contributed by atoms with van der Waals surface area (Å²) in [6.45, 7) is 4.62. The fourth-order valence-electron chi connectivity index (χ4n) is 1.83. The molecule has 1 N–H and O–H groups in total. The predicted molar refractivity (Wildman–Crippen MR) is 61.5 cm³/mol. The molecule has 16 heavy (non-hydrogen) atoms. The number of nitrogens with one attached hydrogen (secondary N) is 1. The molecular weight excluding hydrogens is 204 g/mol. The summed E-state index contributed by atoms with van der Waals surface area (Å²) < 4.78 is 5.55. The van der Waals surface area contributed by atoms with Crippen LogP contribution in [0.1, 0.15) is 56.7 Å². The van der Waals surface area contributed by atoms with E-state index in [0.717, 1.165) is 25.0 Å². The topological polar surface area (TPSA) is 55.0 Å². The van der Waals surface area contributed by atoms with E-state index in [9.17, 15) is 4.79 Å². The van der Waals surface area contributed by atoms with Gasteiger partial charge in [0.05, 0.1) is 5.69 Å². The van der Waals surface area contributed by atoms with E-state index < -0.39 is 0 Å². The van der Waals surface area contributed by atoms with Gasteiger partial charge >= 0.3 is 0 Å². The highest BCUT2D eigenvalue weighted by atomic mass is 16.5. The summed E-state index contributed by atoms with van der Waals surface area (Å²) >= 11 is 0. The first-order valence-corrected chi connectivity index (χ1v) is 5.97. The van der Waals surface area contributed by atoms with E-state index in [1.54, 1.807) is 6.07 Å². The van der Waals surface area contributed by atoms with E-state index in [1.165, 1.54) is 0 Å². The zero-order valence-electron chi connectivity index (χ0n) is 9.82. The van der Waals surface area contributed by atoms with Crippen molar-refractivity contribution in [2.24, 2.45) is 0 Å². The summed E-state index contributed by atoms with van der Waals surface area (Å²) in [7, 11) is 0. The first-order valence-electron chi connectivity index (χ1n) is 5.97. The van der Waals surface area contributed by atoms with Gasteiger partial charge in [0, 0.05) is 18.6 Å². The van der Waals surface area contributed by atoms with Crippen molar-refractivity contribution in [3.8, 4) is 0 Å². The molecule has 1 aromatic heterocycles. The Bertz CT molecular complexity index is 410. The van der Waals surface area contributed by atoms with Crippen LogP contribution < -0.4 is 5.56 Å². The fraction of sp³-hybridized carbons (Fsp3) is 0.667. The van der Waals surface area contributed by atoms with Gasteiger partial charge in [0.2, 0.25) is 0 Å². The summed E-state index contributed by atoms with van der Waals surface area (Å²) in [6, 6.07) is 1.61. The van der Waals surface area contributed by atoms with E-state index in [1.807, 2.05) is 13.8 Å². The monoisotopic (exact) mass is 222 g/mol. The maximum atomic E-state index is 11.5. The number of aromatic nitrogens is 2. The van der Waals surface area contributed by atoms with Crippen LogP contribution in [0.2, 0.25) is 0 Å². The Kier molecular flexibility index (Phi) is 3.39. The summed E-state index contributed by atoms with van der Waals surface area (Å²) in [5.74, 6) is 1.18. The molecule has 0 saturated heterocycles. The maximum Gasteiger partial charge on any atom is 0.251 e. The highest BCUT2D eigenvalue weighted by Gasteiger charge is 2.26. The molecule has 0 aliphatic heterocycles. The number of nitrogens with zero attached hydrogens (tertiary/aromatic N) is 1. The van der Waals surface area contributed by atoms with Gasteiger partial charge in [-0.3, -0.25) is 4.79 Å². The molecule has 0 aromatic carbocycles. The van der Waals surface area contributed by atoms with Gasteiger partial charge in [-0.2, -0.15) is 0 Å². The predicted octanol–water partition coefficient (Wildman–Crippen LogP) is 2.13. The third-order valence-electron chi connectivity index (χ3n) is 2.82. The molecule has 1 aliphatic rings. The van der Waals surface area contributed by atoms with Crippen molar-refractivity contribution in [2.75, 3.05) is 6.61 Å². The lowest BCUT2D eigenvalue weighted by Gasteiger charge is -2.14. The SMILES string of the molecule is CCOC(CC)c1nc(C2CC2)cc(=O)[nH]1. The molecule has 4 heteroatoms. The highest BCUT2D eigenvalue weighted by molar-refractivity contribution is 5.14. The number of hydrogen-bond acceptors (Lipinski definition) is 3. The van der Waals surface area contributed by atoms with Crippen molar-refractivity contribution in [3.05, 3.63) is 27.9 Å². The minimum atomic E-state index is -0.0867. The molecule has 0 radical (unpaired) electrons. The van der Waals surface area contributed by atoms with Crippen LogP contribution >= 0.6 is 0 Å². The molecule has 2 rings (SSSR count). The van der Waals surface area contributed by atoms with Crippen molar-refractivity contribution in [1.82, 2.24) is 9.97 Å². The summed E-state index contributed by atoms with van der Waals surface area (Å²) in [4.78, 5) is 18.8.